The van der Waals surface area contributed by atoms with E-state index in [9.17, 15) is 4.79 Å². The quantitative estimate of drug-likeness (QED) is 0.819. The lowest BCUT2D eigenvalue weighted by Gasteiger charge is -2.12. The number of ketones is 1. The maximum atomic E-state index is 11.1. The molecule has 0 fully saturated rings. The Bertz CT molecular complexity index is 570. The van der Waals surface area contributed by atoms with E-state index in [1.165, 1.54) is 12.5 Å². The number of Topliss-reactive ketones (excluding diaryl/α,β-unsaturated/α-hetero) is 1. The lowest BCUT2D eigenvalue weighted by Crippen LogP contribution is -2.20. The summed E-state index contributed by atoms with van der Waals surface area (Å²) in [5.41, 5.74) is 1.19. The van der Waals surface area contributed by atoms with Gasteiger partial charge in [0.25, 0.3) is 0 Å². The van der Waals surface area contributed by atoms with Crippen LogP contribution in [0.3, 0.4) is 0 Å². The summed E-state index contributed by atoms with van der Waals surface area (Å²) in [6, 6.07) is 15.1. The summed E-state index contributed by atoms with van der Waals surface area (Å²) in [5, 5.41) is 0. The van der Waals surface area contributed by atoms with Crippen LogP contribution in [0, 0.1) is 6.92 Å². The van der Waals surface area contributed by atoms with Crippen molar-refractivity contribution in [1.29, 1.82) is 0 Å². The highest BCUT2D eigenvalue weighted by Crippen LogP contribution is 2.24. The minimum atomic E-state index is -0.432. The molecule has 0 amide bonds. The van der Waals surface area contributed by atoms with Crippen molar-refractivity contribution in [2.45, 2.75) is 26.9 Å². The third-order valence-electron chi connectivity index (χ3n) is 2.97. The van der Waals surface area contributed by atoms with Gasteiger partial charge in [0, 0.05) is 0 Å². The van der Waals surface area contributed by atoms with E-state index in [0.29, 0.717) is 5.75 Å². The maximum Gasteiger partial charge on any atom is 0.169 e. The van der Waals surface area contributed by atoms with Gasteiger partial charge in [0.2, 0.25) is 0 Å². The first-order chi connectivity index (χ1) is 9.54. The van der Waals surface area contributed by atoms with Crippen molar-refractivity contribution in [3.05, 3.63) is 54.1 Å². The minimum absolute atomic E-state index is 0.00461. The van der Waals surface area contributed by atoms with Crippen LogP contribution in [0.5, 0.6) is 17.2 Å². The topological polar surface area (TPSA) is 35.5 Å². The predicted octanol–water partition coefficient (Wildman–Crippen LogP) is 4.14. The van der Waals surface area contributed by atoms with Crippen LogP contribution in [0.15, 0.2) is 48.5 Å². The van der Waals surface area contributed by atoms with E-state index in [2.05, 4.69) is 0 Å². The first-order valence-corrected chi connectivity index (χ1v) is 6.56. The fourth-order valence-electron chi connectivity index (χ4n) is 1.62. The molecule has 3 nitrogen and oxygen atoms in total. The van der Waals surface area contributed by atoms with Crippen LogP contribution in [-0.4, -0.2) is 11.9 Å². The fourth-order valence-corrected chi connectivity index (χ4v) is 1.62. The third kappa shape index (κ3) is 3.85. The number of hydrogen-bond donors (Lipinski definition) is 0. The monoisotopic (exact) mass is 270 g/mol. The molecule has 2 aromatic carbocycles. The molecule has 0 saturated carbocycles. The average molecular weight is 270 g/mol. The average Bonchev–Trinajstić information content (AvgIpc) is 2.43. The number of rotatable bonds is 5. The summed E-state index contributed by atoms with van der Waals surface area (Å²) in [6.07, 6.45) is -0.432. The minimum Gasteiger partial charge on any atom is -0.483 e. The van der Waals surface area contributed by atoms with Crippen molar-refractivity contribution < 1.29 is 14.3 Å². The van der Waals surface area contributed by atoms with E-state index in [1.807, 2.05) is 43.3 Å². The molecule has 104 valence electrons. The normalized spacial score (nSPS) is 11.8. The molecule has 0 bridgehead atoms. The zero-order chi connectivity index (χ0) is 14.5. The Balaban J connectivity index is 2.01. The van der Waals surface area contributed by atoms with Crippen molar-refractivity contribution >= 4 is 5.78 Å². The molecule has 0 spiro atoms. The molecule has 1 atom stereocenters. The highest BCUT2D eigenvalue weighted by Gasteiger charge is 2.08. The van der Waals surface area contributed by atoms with Crippen LogP contribution in [0.25, 0.3) is 0 Å². The molecule has 0 aromatic heterocycles. The number of aryl methyl sites for hydroxylation is 1. The molecule has 0 radical (unpaired) electrons. The van der Waals surface area contributed by atoms with Crippen LogP contribution >= 0.6 is 0 Å². The van der Waals surface area contributed by atoms with E-state index in [4.69, 9.17) is 9.47 Å². The SMILES string of the molecule is CC(=O)C(C)Oc1ccc(Oc2ccc(C)cc2)cc1. The van der Waals surface area contributed by atoms with Gasteiger partial charge in [-0.05, 0) is 57.2 Å². The van der Waals surface area contributed by atoms with Gasteiger partial charge in [-0.2, -0.15) is 0 Å². The molecule has 3 heteroatoms. The summed E-state index contributed by atoms with van der Waals surface area (Å²) < 4.78 is 11.2. The second-order valence-corrected chi connectivity index (χ2v) is 4.76. The summed E-state index contributed by atoms with van der Waals surface area (Å²) in [4.78, 5) is 11.1. The molecule has 0 saturated heterocycles. The van der Waals surface area contributed by atoms with Gasteiger partial charge in [-0.25, -0.2) is 0 Å². The van der Waals surface area contributed by atoms with Gasteiger partial charge in [0.1, 0.15) is 17.2 Å². The first-order valence-electron chi connectivity index (χ1n) is 6.56. The van der Waals surface area contributed by atoms with Crippen LogP contribution in [0.2, 0.25) is 0 Å². The van der Waals surface area contributed by atoms with Crippen LogP contribution in [-0.2, 0) is 4.79 Å². The van der Waals surface area contributed by atoms with Crippen molar-refractivity contribution in [3.8, 4) is 17.2 Å². The summed E-state index contributed by atoms with van der Waals surface area (Å²) >= 11 is 0. The van der Waals surface area contributed by atoms with E-state index >= 15 is 0 Å². The second kappa shape index (κ2) is 6.24. The van der Waals surface area contributed by atoms with E-state index < -0.39 is 6.10 Å². The number of carbonyl (C=O) groups excluding carboxylic acids is 1. The second-order valence-electron chi connectivity index (χ2n) is 4.76. The number of ether oxygens (including phenoxy) is 2. The zero-order valence-corrected chi connectivity index (χ0v) is 11.9. The first kappa shape index (κ1) is 14.1. The Morgan fingerprint density at radius 3 is 1.85 bits per heavy atom. The Hall–Kier alpha value is -2.29. The highest BCUT2D eigenvalue weighted by molar-refractivity contribution is 5.80. The van der Waals surface area contributed by atoms with Gasteiger partial charge < -0.3 is 9.47 Å². The number of hydrogen-bond acceptors (Lipinski definition) is 3. The van der Waals surface area contributed by atoms with Gasteiger partial charge in [-0.3, -0.25) is 4.79 Å². The Labute approximate surface area is 119 Å². The lowest BCUT2D eigenvalue weighted by atomic mass is 10.2. The Morgan fingerprint density at radius 2 is 1.35 bits per heavy atom. The summed E-state index contributed by atoms with van der Waals surface area (Å²) in [7, 11) is 0. The van der Waals surface area contributed by atoms with E-state index in [1.54, 1.807) is 19.1 Å². The molecule has 20 heavy (non-hydrogen) atoms. The van der Waals surface area contributed by atoms with Gasteiger partial charge in [0.15, 0.2) is 11.9 Å². The molecule has 0 aliphatic rings. The maximum absolute atomic E-state index is 11.1. The van der Waals surface area contributed by atoms with Gasteiger partial charge in [-0.1, -0.05) is 17.7 Å². The summed E-state index contributed by atoms with van der Waals surface area (Å²) in [6.45, 7) is 5.28. The van der Waals surface area contributed by atoms with Crippen molar-refractivity contribution in [2.24, 2.45) is 0 Å². The fraction of sp³-hybridized carbons (Fsp3) is 0.235. The van der Waals surface area contributed by atoms with Crippen molar-refractivity contribution in [1.82, 2.24) is 0 Å². The third-order valence-corrected chi connectivity index (χ3v) is 2.97. The van der Waals surface area contributed by atoms with Gasteiger partial charge in [0.05, 0.1) is 0 Å². The molecule has 0 aliphatic heterocycles. The lowest BCUT2D eigenvalue weighted by molar-refractivity contribution is -0.122. The molecule has 0 N–H and O–H groups in total. The van der Waals surface area contributed by atoms with Crippen molar-refractivity contribution in [2.75, 3.05) is 0 Å². The molecular weight excluding hydrogens is 252 g/mol. The van der Waals surface area contributed by atoms with Crippen LogP contribution < -0.4 is 9.47 Å². The van der Waals surface area contributed by atoms with Gasteiger partial charge >= 0.3 is 0 Å². The van der Waals surface area contributed by atoms with E-state index in [0.717, 1.165) is 11.5 Å². The molecule has 0 heterocycles. The highest BCUT2D eigenvalue weighted by atomic mass is 16.5. The molecule has 2 aromatic rings. The number of benzene rings is 2. The van der Waals surface area contributed by atoms with Gasteiger partial charge in [-0.15, -0.1) is 0 Å². The molecule has 2 rings (SSSR count). The van der Waals surface area contributed by atoms with Crippen molar-refractivity contribution in [3.63, 3.8) is 0 Å². The van der Waals surface area contributed by atoms with Crippen LogP contribution in [0.4, 0.5) is 0 Å². The smallest absolute Gasteiger partial charge is 0.169 e. The zero-order valence-electron chi connectivity index (χ0n) is 11.9. The molecular formula is C17H18O3. The Morgan fingerprint density at radius 1 is 0.900 bits per heavy atom. The molecule has 0 aliphatic carbocycles. The van der Waals surface area contributed by atoms with E-state index in [-0.39, 0.29) is 5.78 Å². The standard InChI is InChI=1S/C17H18O3/c1-12-4-6-16(7-5-12)20-17-10-8-15(9-11-17)19-14(3)13(2)18/h4-11,14H,1-3H3. The largest absolute Gasteiger partial charge is 0.483 e. The number of carbonyl (C=O) groups is 1. The Kier molecular flexibility index (Phi) is 4.41. The predicted molar refractivity (Wildman–Crippen MR) is 78.5 cm³/mol. The summed E-state index contributed by atoms with van der Waals surface area (Å²) in [5.74, 6) is 2.19. The molecule has 1 unspecified atom stereocenters. The van der Waals surface area contributed by atoms with Crippen LogP contribution in [0.1, 0.15) is 19.4 Å².